The van der Waals surface area contributed by atoms with Gasteiger partial charge in [0.25, 0.3) is 0 Å². The molecule has 4 bridgehead atoms. The van der Waals surface area contributed by atoms with Crippen LogP contribution in [0.4, 0.5) is 0 Å². The molecular weight excluding hydrogens is 512 g/mol. The van der Waals surface area contributed by atoms with Gasteiger partial charge in [0.05, 0.1) is 18.7 Å². The summed E-state index contributed by atoms with van der Waals surface area (Å²) in [4.78, 5) is 62.0. The summed E-state index contributed by atoms with van der Waals surface area (Å²) >= 11 is 0. The number of rotatable bonds is 4. The van der Waals surface area contributed by atoms with Crippen molar-refractivity contribution in [2.24, 2.45) is 5.92 Å². The van der Waals surface area contributed by atoms with Gasteiger partial charge in [-0.3, -0.25) is 29.1 Å². The number of ether oxygens (including phenoxy) is 1. The van der Waals surface area contributed by atoms with E-state index in [0.717, 1.165) is 36.1 Å². The maximum absolute atomic E-state index is 13.4. The number of fused-ring (bicyclic) bond motifs is 4. The second kappa shape index (κ2) is 13.9. The third kappa shape index (κ3) is 8.24. The molecule has 3 heterocycles. The zero-order valence-corrected chi connectivity index (χ0v) is 23.2. The number of aryl methyl sites for hydroxylation is 2. The molecule has 1 aromatic heterocycles. The van der Waals surface area contributed by atoms with Crippen molar-refractivity contribution in [3.8, 4) is 5.75 Å². The first-order valence-electron chi connectivity index (χ1n) is 13.9. The van der Waals surface area contributed by atoms with Gasteiger partial charge in [-0.25, -0.2) is 0 Å². The maximum Gasteiger partial charge on any atom is 0.243 e. The maximum atomic E-state index is 13.4. The molecule has 4 amide bonds. The van der Waals surface area contributed by atoms with Gasteiger partial charge in [-0.15, -0.1) is 0 Å². The fourth-order valence-electron chi connectivity index (χ4n) is 5.16. The normalized spacial score (nSPS) is 22.7. The standard InChI is InChI=1S/C29H38N6O5/c1-19-5-7-24-14-22(19)16-32-28(38)25(8-6-23-17-30-10-11-31-23)34-29(39)26(33-20(2)36)15-27(37)35-12-3-4-21(18-35)9-13-40-24/h5,7,10-11,14,17,21,25-26H,3-4,6,8-9,12-13,15-16,18H2,1-2H3,(H,32,38)(H,33,36)(H,34,39)/t21?,25?,26-/m0/s1. The zero-order valence-electron chi connectivity index (χ0n) is 23.2. The third-order valence-electron chi connectivity index (χ3n) is 7.45. The van der Waals surface area contributed by atoms with E-state index in [1.165, 1.54) is 6.92 Å². The average molecular weight is 551 g/mol. The summed E-state index contributed by atoms with van der Waals surface area (Å²) in [6.07, 6.45) is 7.88. The molecule has 0 radical (unpaired) electrons. The van der Waals surface area contributed by atoms with Gasteiger partial charge >= 0.3 is 0 Å². The number of carbonyl (C=O) groups is 4. The number of carbonyl (C=O) groups excluding carboxylic acids is 4. The number of piperidine rings is 1. The molecule has 1 aromatic carbocycles. The Balaban J connectivity index is 1.59. The average Bonchev–Trinajstić information content (AvgIpc) is 2.94. The second-order valence-electron chi connectivity index (χ2n) is 10.5. The fraction of sp³-hybridized carbons (Fsp3) is 0.517. The molecule has 214 valence electrons. The number of benzene rings is 1. The molecule has 1 fully saturated rings. The van der Waals surface area contributed by atoms with Crippen LogP contribution >= 0.6 is 0 Å². The Hall–Kier alpha value is -4.02. The van der Waals surface area contributed by atoms with Crippen molar-refractivity contribution in [1.82, 2.24) is 30.8 Å². The lowest BCUT2D eigenvalue weighted by Gasteiger charge is -2.34. The highest BCUT2D eigenvalue weighted by atomic mass is 16.5. The Bertz CT molecular complexity index is 1210. The number of amides is 4. The number of nitrogens with zero attached hydrogens (tertiary/aromatic N) is 3. The molecule has 4 rings (SSSR count). The van der Waals surface area contributed by atoms with E-state index >= 15 is 0 Å². The molecule has 2 aromatic rings. The van der Waals surface area contributed by atoms with Crippen molar-refractivity contribution in [1.29, 1.82) is 0 Å². The first-order chi connectivity index (χ1) is 19.3. The fourth-order valence-corrected chi connectivity index (χ4v) is 5.16. The van der Waals surface area contributed by atoms with Crippen LogP contribution in [0.15, 0.2) is 36.8 Å². The molecule has 2 unspecified atom stereocenters. The van der Waals surface area contributed by atoms with Gasteiger partial charge in [0.2, 0.25) is 23.6 Å². The van der Waals surface area contributed by atoms with Gasteiger partial charge in [0, 0.05) is 45.1 Å². The molecule has 40 heavy (non-hydrogen) atoms. The predicted molar refractivity (Wildman–Crippen MR) is 147 cm³/mol. The first-order valence-corrected chi connectivity index (χ1v) is 13.9. The van der Waals surface area contributed by atoms with E-state index in [1.54, 1.807) is 23.5 Å². The molecule has 2 aliphatic heterocycles. The van der Waals surface area contributed by atoms with Crippen LogP contribution in [0.5, 0.6) is 5.75 Å². The summed E-state index contributed by atoms with van der Waals surface area (Å²) in [7, 11) is 0. The molecule has 0 saturated carbocycles. The number of nitrogens with one attached hydrogen (secondary N) is 3. The summed E-state index contributed by atoms with van der Waals surface area (Å²) in [6.45, 7) is 5.23. The quantitative estimate of drug-likeness (QED) is 0.523. The molecule has 2 aliphatic rings. The van der Waals surface area contributed by atoms with E-state index < -0.39 is 23.9 Å². The lowest BCUT2D eigenvalue weighted by Crippen LogP contribution is -2.55. The minimum Gasteiger partial charge on any atom is -0.494 e. The Kier molecular flexibility index (Phi) is 10.0. The summed E-state index contributed by atoms with van der Waals surface area (Å²) in [5, 5.41) is 8.32. The molecule has 3 atom stereocenters. The van der Waals surface area contributed by atoms with E-state index in [2.05, 4.69) is 25.9 Å². The van der Waals surface area contributed by atoms with Crippen molar-refractivity contribution in [3.63, 3.8) is 0 Å². The van der Waals surface area contributed by atoms with Crippen molar-refractivity contribution in [2.45, 2.75) is 71.0 Å². The van der Waals surface area contributed by atoms with Crippen LogP contribution in [0.25, 0.3) is 0 Å². The Morgan fingerprint density at radius 3 is 2.80 bits per heavy atom. The lowest BCUT2D eigenvalue weighted by molar-refractivity contribution is -0.138. The van der Waals surface area contributed by atoms with Crippen molar-refractivity contribution >= 4 is 23.6 Å². The molecule has 3 N–H and O–H groups in total. The van der Waals surface area contributed by atoms with Gasteiger partial charge in [0.1, 0.15) is 17.8 Å². The summed E-state index contributed by atoms with van der Waals surface area (Å²) in [6, 6.07) is 3.79. The number of hydrogen-bond donors (Lipinski definition) is 3. The summed E-state index contributed by atoms with van der Waals surface area (Å²) in [5.74, 6) is -0.575. The first kappa shape index (κ1) is 29.0. The molecule has 11 heteroatoms. The van der Waals surface area contributed by atoms with Crippen LogP contribution in [0.3, 0.4) is 0 Å². The van der Waals surface area contributed by atoms with E-state index in [4.69, 9.17) is 4.74 Å². The second-order valence-corrected chi connectivity index (χ2v) is 10.5. The molecule has 11 nitrogen and oxygen atoms in total. The highest BCUT2D eigenvalue weighted by molar-refractivity contribution is 5.94. The minimum absolute atomic E-state index is 0.184. The van der Waals surface area contributed by atoms with E-state index in [1.807, 2.05) is 25.1 Å². The molecule has 0 spiro atoms. The van der Waals surface area contributed by atoms with E-state index in [-0.39, 0.29) is 31.2 Å². The van der Waals surface area contributed by atoms with Gasteiger partial charge in [-0.1, -0.05) is 6.07 Å². The van der Waals surface area contributed by atoms with Crippen molar-refractivity contribution in [3.05, 3.63) is 53.6 Å². The smallest absolute Gasteiger partial charge is 0.243 e. The van der Waals surface area contributed by atoms with Crippen molar-refractivity contribution in [2.75, 3.05) is 19.7 Å². The van der Waals surface area contributed by atoms with Crippen molar-refractivity contribution < 1.29 is 23.9 Å². The van der Waals surface area contributed by atoms with Gasteiger partial charge in [-0.2, -0.15) is 0 Å². The molecular formula is C29H38N6O5. The minimum atomic E-state index is -1.10. The van der Waals surface area contributed by atoms with Crippen LogP contribution in [0.1, 0.15) is 55.8 Å². The molecule has 1 saturated heterocycles. The Morgan fingerprint density at radius 2 is 2.02 bits per heavy atom. The van der Waals surface area contributed by atoms with Gasteiger partial charge in [-0.05, 0) is 68.2 Å². The van der Waals surface area contributed by atoms with E-state index in [9.17, 15) is 19.2 Å². The van der Waals surface area contributed by atoms with Crippen LogP contribution in [-0.2, 0) is 32.1 Å². The van der Waals surface area contributed by atoms with Gasteiger partial charge in [0.15, 0.2) is 0 Å². The SMILES string of the molecule is CC(=O)N[C@H]1CC(=O)N2CCCC(CCOc3ccc(C)c(c3)CNC(=O)C(CCc3cnccn3)NC1=O)C2. The van der Waals surface area contributed by atoms with Gasteiger partial charge < -0.3 is 25.6 Å². The van der Waals surface area contributed by atoms with Crippen LogP contribution in [-0.4, -0.2) is 70.3 Å². The third-order valence-corrected chi connectivity index (χ3v) is 7.45. The monoisotopic (exact) mass is 550 g/mol. The predicted octanol–water partition coefficient (Wildman–Crippen LogP) is 1.43. The zero-order chi connectivity index (χ0) is 28.5. The molecule has 0 aliphatic carbocycles. The van der Waals surface area contributed by atoms with Crippen LogP contribution in [0.2, 0.25) is 0 Å². The van der Waals surface area contributed by atoms with Crippen LogP contribution in [0, 0.1) is 12.8 Å². The topological polar surface area (TPSA) is 143 Å². The summed E-state index contributed by atoms with van der Waals surface area (Å²) < 4.78 is 6.04. The van der Waals surface area contributed by atoms with E-state index in [0.29, 0.717) is 37.7 Å². The highest BCUT2D eigenvalue weighted by Crippen LogP contribution is 2.23. The number of hydrogen-bond acceptors (Lipinski definition) is 7. The van der Waals surface area contributed by atoms with Crippen LogP contribution < -0.4 is 20.7 Å². The highest BCUT2D eigenvalue weighted by Gasteiger charge is 2.31. The lowest BCUT2D eigenvalue weighted by atomic mass is 9.94. The number of aromatic nitrogens is 2. The largest absolute Gasteiger partial charge is 0.494 e. The Labute approximate surface area is 234 Å². The summed E-state index contributed by atoms with van der Waals surface area (Å²) in [5.41, 5.74) is 2.60. The Morgan fingerprint density at radius 1 is 1.18 bits per heavy atom.